The van der Waals surface area contributed by atoms with Crippen molar-refractivity contribution in [1.29, 1.82) is 0 Å². The molecule has 78 valence electrons. The zero-order valence-corrected chi connectivity index (χ0v) is 9.13. The molecule has 0 aromatic heterocycles. The lowest BCUT2D eigenvalue weighted by Crippen LogP contribution is -2.12. The van der Waals surface area contributed by atoms with Crippen molar-refractivity contribution in [3.05, 3.63) is 49.2 Å². The fourth-order valence-electron chi connectivity index (χ4n) is 1.04. The summed E-state index contributed by atoms with van der Waals surface area (Å²) in [7, 11) is 0. The van der Waals surface area contributed by atoms with E-state index in [1.165, 1.54) is 19.3 Å². The Labute approximate surface area is 87.9 Å². The van der Waals surface area contributed by atoms with E-state index in [0.717, 1.165) is 12.2 Å². The maximum absolute atomic E-state index is 3.75. The van der Waals surface area contributed by atoms with Gasteiger partial charge in [0.1, 0.15) is 0 Å². The summed E-state index contributed by atoms with van der Waals surface area (Å²) in [5.41, 5.74) is 1.07. The van der Waals surface area contributed by atoms with Crippen LogP contribution in [0, 0.1) is 0 Å². The summed E-state index contributed by atoms with van der Waals surface area (Å²) in [6.07, 6.45) is 13.2. The Bertz CT molecular complexity index is 211. The molecule has 0 unspecified atom stereocenters. The summed E-state index contributed by atoms with van der Waals surface area (Å²) in [4.78, 5) is 0. The van der Waals surface area contributed by atoms with Gasteiger partial charge >= 0.3 is 0 Å². The molecule has 0 bridgehead atoms. The maximum Gasteiger partial charge on any atom is 0.0334 e. The third-order valence-corrected chi connectivity index (χ3v) is 1.85. The normalized spacial score (nSPS) is 11.6. The van der Waals surface area contributed by atoms with Crippen LogP contribution < -0.4 is 5.32 Å². The standard InChI is InChI=1S/C13H21N/c1-4-7-9-11-13(6-3)14-12-10-8-5-2/h4,6-7,9,11,14H,1,3,5,8,10,12H2,2H3/b9-7-,13-11+. The van der Waals surface area contributed by atoms with E-state index in [0.29, 0.717) is 0 Å². The second-order valence-corrected chi connectivity index (χ2v) is 3.08. The van der Waals surface area contributed by atoms with Crippen LogP contribution in [0.1, 0.15) is 26.2 Å². The van der Waals surface area contributed by atoms with Gasteiger partial charge in [-0.15, -0.1) is 0 Å². The Kier molecular flexibility index (Phi) is 8.97. The smallest absolute Gasteiger partial charge is 0.0334 e. The number of allylic oxidation sites excluding steroid dienone is 5. The van der Waals surface area contributed by atoms with Crippen LogP contribution in [-0.4, -0.2) is 6.54 Å². The minimum atomic E-state index is 1.02. The fourth-order valence-corrected chi connectivity index (χ4v) is 1.04. The molecule has 1 heteroatoms. The Morgan fingerprint density at radius 2 is 2.00 bits per heavy atom. The van der Waals surface area contributed by atoms with E-state index < -0.39 is 0 Å². The summed E-state index contributed by atoms with van der Waals surface area (Å²) in [6.45, 7) is 10.6. The predicted octanol–water partition coefficient (Wildman–Crippen LogP) is 3.58. The van der Waals surface area contributed by atoms with Crippen molar-refractivity contribution in [1.82, 2.24) is 5.32 Å². The quantitative estimate of drug-likeness (QED) is 0.457. The van der Waals surface area contributed by atoms with Gasteiger partial charge in [-0.05, 0) is 18.6 Å². The van der Waals surface area contributed by atoms with E-state index in [1.807, 2.05) is 24.3 Å². The summed E-state index contributed by atoms with van der Waals surface area (Å²) < 4.78 is 0. The van der Waals surface area contributed by atoms with Crippen molar-refractivity contribution in [3.8, 4) is 0 Å². The molecule has 1 N–H and O–H groups in total. The van der Waals surface area contributed by atoms with Crippen molar-refractivity contribution >= 4 is 0 Å². The Morgan fingerprint density at radius 1 is 1.21 bits per heavy atom. The average Bonchev–Trinajstić information content (AvgIpc) is 2.22. The highest BCUT2D eigenvalue weighted by Gasteiger charge is 1.88. The molecule has 0 atom stereocenters. The molecule has 0 saturated heterocycles. The van der Waals surface area contributed by atoms with Gasteiger partial charge < -0.3 is 5.32 Å². The van der Waals surface area contributed by atoms with Crippen LogP contribution in [0.2, 0.25) is 0 Å². The summed E-state index contributed by atoms with van der Waals surface area (Å²) >= 11 is 0. The number of rotatable bonds is 8. The van der Waals surface area contributed by atoms with Crippen LogP contribution in [0.5, 0.6) is 0 Å². The first-order chi connectivity index (χ1) is 6.85. The van der Waals surface area contributed by atoms with E-state index in [2.05, 4.69) is 25.4 Å². The molecular formula is C13H21N. The molecule has 0 aromatic rings. The van der Waals surface area contributed by atoms with Crippen LogP contribution in [0.3, 0.4) is 0 Å². The fraction of sp³-hybridized carbons (Fsp3) is 0.385. The van der Waals surface area contributed by atoms with Gasteiger partial charge in [0.2, 0.25) is 0 Å². The number of nitrogens with one attached hydrogen (secondary N) is 1. The number of unbranched alkanes of at least 4 members (excludes halogenated alkanes) is 2. The Hall–Kier alpha value is -1.24. The first-order valence-corrected chi connectivity index (χ1v) is 5.20. The van der Waals surface area contributed by atoms with Crippen molar-refractivity contribution in [2.75, 3.05) is 6.54 Å². The first kappa shape index (κ1) is 12.8. The van der Waals surface area contributed by atoms with Gasteiger partial charge in [-0.1, -0.05) is 51.2 Å². The van der Waals surface area contributed by atoms with Crippen molar-refractivity contribution < 1.29 is 0 Å². The van der Waals surface area contributed by atoms with Gasteiger partial charge in [-0.3, -0.25) is 0 Å². The van der Waals surface area contributed by atoms with E-state index >= 15 is 0 Å². The largest absolute Gasteiger partial charge is 0.385 e. The lowest BCUT2D eigenvalue weighted by Gasteiger charge is -2.05. The van der Waals surface area contributed by atoms with Crippen LogP contribution in [0.4, 0.5) is 0 Å². The molecule has 0 saturated carbocycles. The molecule has 0 heterocycles. The van der Waals surface area contributed by atoms with Crippen LogP contribution >= 0.6 is 0 Å². The van der Waals surface area contributed by atoms with Gasteiger partial charge in [0.15, 0.2) is 0 Å². The van der Waals surface area contributed by atoms with E-state index in [1.54, 1.807) is 6.08 Å². The molecule has 0 amide bonds. The lowest BCUT2D eigenvalue weighted by atomic mass is 10.2. The minimum Gasteiger partial charge on any atom is -0.385 e. The van der Waals surface area contributed by atoms with E-state index in [9.17, 15) is 0 Å². The van der Waals surface area contributed by atoms with Gasteiger partial charge in [-0.2, -0.15) is 0 Å². The van der Waals surface area contributed by atoms with Gasteiger partial charge in [0.05, 0.1) is 0 Å². The zero-order valence-electron chi connectivity index (χ0n) is 9.13. The summed E-state index contributed by atoms with van der Waals surface area (Å²) in [6, 6.07) is 0. The molecule has 0 aliphatic heterocycles. The molecular weight excluding hydrogens is 170 g/mol. The maximum atomic E-state index is 3.75. The Morgan fingerprint density at radius 3 is 2.57 bits per heavy atom. The van der Waals surface area contributed by atoms with Crippen molar-refractivity contribution in [2.24, 2.45) is 0 Å². The highest BCUT2D eigenvalue weighted by Crippen LogP contribution is 1.95. The summed E-state index contributed by atoms with van der Waals surface area (Å²) in [5.74, 6) is 0. The number of hydrogen-bond donors (Lipinski definition) is 1. The molecule has 0 fully saturated rings. The van der Waals surface area contributed by atoms with E-state index in [4.69, 9.17) is 0 Å². The Balaban J connectivity index is 3.78. The highest BCUT2D eigenvalue weighted by atomic mass is 14.9. The third kappa shape index (κ3) is 7.41. The molecule has 0 aliphatic rings. The molecule has 0 spiro atoms. The van der Waals surface area contributed by atoms with Crippen LogP contribution in [0.25, 0.3) is 0 Å². The lowest BCUT2D eigenvalue weighted by molar-refractivity contribution is 0.673. The second-order valence-electron chi connectivity index (χ2n) is 3.08. The second kappa shape index (κ2) is 9.85. The monoisotopic (exact) mass is 191 g/mol. The molecule has 0 aliphatic carbocycles. The van der Waals surface area contributed by atoms with Gasteiger partial charge in [-0.25, -0.2) is 0 Å². The third-order valence-electron chi connectivity index (χ3n) is 1.85. The first-order valence-electron chi connectivity index (χ1n) is 5.20. The molecule has 0 radical (unpaired) electrons. The van der Waals surface area contributed by atoms with E-state index in [-0.39, 0.29) is 0 Å². The van der Waals surface area contributed by atoms with Crippen LogP contribution in [0.15, 0.2) is 49.2 Å². The summed E-state index contributed by atoms with van der Waals surface area (Å²) in [5, 5.41) is 3.32. The minimum absolute atomic E-state index is 1.02. The molecule has 0 aromatic carbocycles. The molecule has 14 heavy (non-hydrogen) atoms. The van der Waals surface area contributed by atoms with Gasteiger partial charge in [0.25, 0.3) is 0 Å². The average molecular weight is 191 g/mol. The highest BCUT2D eigenvalue weighted by molar-refractivity contribution is 5.21. The molecule has 1 nitrogen and oxygen atoms in total. The van der Waals surface area contributed by atoms with Crippen molar-refractivity contribution in [2.45, 2.75) is 26.2 Å². The van der Waals surface area contributed by atoms with Crippen LogP contribution in [-0.2, 0) is 0 Å². The predicted molar refractivity (Wildman–Crippen MR) is 65.1 cm³/mol. The van der Waals surface area contributed by atoms with Crippen molar-refractivity contribution in [3.63, 3.8) is 0 Å². The number of hydrogen-bond acceptors (Lipinski definition) is 1. The topological polar surface area (TPSA) is 12.0 Å². The molecule has 0 rings (SSSR count). The van der Waals surface area contributed by atoms with Gasteiger partial charge in [0, 0.05) is 12.2 Å². The zero-order chi connectivity index (χ0) is 10.6. The SMILES string of the molecule is C=C/C=C\C=C(/C=C)NCCCCC.